The van der Waals surface area contributed by atoms with Gasteiger partial charge in [-0.05, 0) is 36.0 Å². The molecule has 0 saturated heterocycles. The summed E-state index contributed by atoms with van der Waals surface area (Å²) in [6.07, 6.45) is 1.88. The van der Waals surface area contributed by atoms with Gasteiger partial charge in [-0.2, -0.15) is 0 Å². The van der Waals surface area contributed by atoms with Gasteiger partial charge in [0.25, 0.3) is 0 Å². The van der Waals surface area contributed by atoms with Crippen molar-refractivity contribution < 1.29 is 0 Å². The Balaban J connectivity index is 2.82. The first-order chi connectivity index (χ1) is 8.73. The first-order valence-electron chi connectivity index (χ1n) is 6.98. The van der Waals surface area contributed by atoms with Crippen molar-refractivity contribution in [2.24, 2.45) is 11.1 Å². The Bertz CT molecular complexity index is 410. The summed E-state index contributed by atoms with van der Waals surface area (Å²) in [7, 11) is 2.09. The number of rotatable bonds is 5. The Labute approximate surface area is 122 Å². The summed E-state index contributed by atoms with van der Waals surface area (Å²) < 4.78 is 0. The van der Waals surface area contributed by atoms with Crippen LogP contribution in [-0.4, -0.2) is 19.6 Å². The van der Waals surface area contributed by atoms with Gasteiger partial charge in [0.2, 0.25) is 0 Å². The molecule has 0 bridgehead atoms. The topological polar surface area (TPSA) is 29.3 Å². The van der Waals surface area contributed by atoms with E-state index in [4.69, 9.17) is 17.3 Å². The van der Waals surface area contributed by atoms with Crippen molar-refractivity contribution >= 4 is 17.3 Å². The molecule has 0 aliphatic heterocycles. The van der Waals surface area contributed by atoms with Crippen LogP contribution in [0.3, 0.4) is 0 Å². The Morgan fingerprint density at radius 1 is 1.32 bits per heavy atom. The van der Waals surface area contributed by atoms with Gasteiger partial charge in [-0.25, -0.2) is 0 Å². The molecule has 0 aromatic heterocycles. The third kappa shape index (κ3) is 5.42. The third-order valence-electron chi connectivity index (χ3n) is 3.16. The standard InChI is InChI=1S/C16H27ClN2/c1-6-13(18)9-12-7-8-15(14(17)10-12)19(5)11-16(2,3)4/h7-8,10,13H,6,9,11,18H2,1-5H3. The highest BCUT2D eigenvalue weighted by atomic mass is 35.5. The lowest BCUT2D eigenvalue weighted by Gasteiger charge is -2.29. The maximum absolute atomic E-state index is 6.40. The van der Waals surface area contributed by atoms with E-state index in [9.17, 15) is 0 Å². The van der Waals surface area contributed by atoms with Crippen LogP contribution in [0.15, 0.2) is 18.2 Å². The van der Waals surface area contributed by atoms with Gasteiger partial charge in [0, 0.05) is 19.6 Å². The van der Waals surface area contributed by atoms with E-state index in [0.717, 1.165) is 30.1 Å². The minimum atomic E-state index is 0.217. The van der Waals surface area contributed by atoms with Crippen LogP contribution in [0, 0.1) is 5.41 Å². The summed E-state index contributed by atoms with van der Waals surface area (Å²) in [6, 6.07) is 6.50. The molecular formula is C16H27ClN2. The first kappa shape index (κ1) is 16.3. The SMILES string of the molecule is CCC(N)Cc1ccc(N(C)CC(C)(C)C)c(Cl)c1. The van der Waals surface area contributed by atoms with E-state index in [1.54, 1.807) is 0 Å². The molecule has 0 fully saturated rings. The lowest BCUT2D eigenvalue weighted by molar-refractivity contribution is 0.419. The molecule has 108 valence electrons. The van der Waals surface area contributed by atoms with E-state index in [0.29, 0.717) is 0 Å². The summed E-state index contributed by atoms with van der Waals surface area (Å²) in [5, 5.41) is 0.813. The molecule has 0 saturated carbocycles. The molecule has 0 aliphatic rings. The van der Waals surface area contributed by atoms with E-state index in [2.05, 4.69) is 51.8 Å². The molecule has 19 heavy (non-hydrogen) atoms. The number of halogens is 1. The number of hydrogen-bond acceptors (Lipinski definition) is 2. The molecule has 0 heterocycles. The van der Waals surface area contributed by atoms with E-state index in [-0.39, 0.29) is 11.5 Å². The van der Waals surface area contributed by atoms with Gasteiger partial charge < -0.3 is 10.6 Å². The van der Waals surface area contributed by atoms with Crippen LogP contribution >= 0.6 is 11.6 Å². The van der Waals surface area contributed by atoms with E-state index in [1.807, 2.05) is 6.07 Å². The molecule has 2 N–H and O–H groups in total. The van der Waals surface area contributed by atoms with Crippen molar-refractivity contribution in [3.8, 4) is 0 Å². The van der Waals surface area contributed by atoms with Crippen LogP contribution in [0.4, 0.5) is 5.69 Å². The summed E-state index contributed by atoms with van der Waals surface area (Å²) in [5.74, 6) is 0. The molecule has 0 radical (unpaired) electrons. The summed E-state index contributed by atoms with van der Waals surface area (Å²) in [5.41, 5.74) is 8.54. The molecule has 1 aromatic rings. The quantitative estimate of drug-likeness (QED) is 0.881. The Kier molecular flexibility index (Phi) is 5.69. The predicted molar refractivity (Wildman–Crippen MR) is 86.1 cm³/mol. The highest BCUT2D eigenvalue weighted by Crippen LogP contribution is 2.29. The number of anilines is 1. The molecule has 1 unspecified atom stereocenters. The van der Waals surface area contributed by atoms with Gasteiger partial charge in [0.1, 0.15) is 0 Å². The minimum absolute atomic E-state index is 0.217. The van der Waals surface area contributed by atoms with Crippen LogP contribution < -0.4 is 10.6 Å². The maximum atomic E-state index is 6.40. The Hall–Kier alpha value is -0.730. The number of nitrogens with zero attached hydrogens (tertiary/aromatic N) is 1. The zero-order valence-electron chi connectivity index (χ0n) is 12.8. The highest BCUT2D eigenvalue weighted by Gasteiger charge is 2.16. The van der Waals surface area contributed by atoms with E-state index >= 15 is 0 Å². The predicted octanol–water partition coefficient (Wildman–Crippen LogP) is 4.10. The van der Waals surface area contributed by atoms with Gasteiger partial charge in [0.15, 0.2) is 0 Å². The normalized spacial score (nSPS) is 13.4. The average molecular weight is 283 g/mol. The second-order valence-electron chi connectivity index (χ2n) is 6.57. The van der Waals surface area contributed by atoms with Crippen LogP contribution in [-0.2, 0) is 6.42 Å². The lowest BCUT2D eigenvalue weighted by Crippen LogP contribution is -2.29. The fourth-order valence-corrected chi connectivity index (χ4v) is 2.58. The second kappa shape index (κ2) is 6.62. The molecule has 1 aromatic carbocycles. The van der Waals surface area contributed by atoms with Crippen LogP contribution in [0.2, 0.25) is 5.02 Å². The number of hydrogen-bond donors (Lipinski definition) is 1. The summed E-state index contributed by atoms with van der Waals surface area (Å²) in [6.45, 7) is 9.77. The van der Waals surface area contributed by atoms with Crippen molar-refractivity contribution in [1.29, 1.82) is 0 Å². The van der Waals surface area contributed by atoms with Gasteiger partial charge in [-0.1, -0.05) is 45.4 Å². The number of nitrogens with two attached hydrogens (primary N) is 1. The zero-order chi connectivity index (χ0) is 14.6. The molecule has 1 atom stereocenters. The van der Waals surface area contributed by atoms with Crippen LogP contribution in [0.5, 0.6) is 0 Å². The van der Waals surface area contributed by atoms with Crippen molar-refractivity contribution in [2.75, 3.05) is 18.5 Å². The second-order valence-corrected chi connectivity index (χ2v) is 6.98. The summed E-state index contributed by atoms with van der Waals surface area (Å²) in [4.78, 5) is 2.21. The van der Waals surface area contributed by atoms with Crippen molar-refractivity contribution in [1.82, 2.24) is 0 Å². The fourth-order valence-electron chi connectivity index (χ4n) is 2.23. The fraction of sp³-hybridized carbons (Fsp3) is 0.625. The van der Waals surface area contributed by atoms with Gasteiger partial charge in [-0.15, -0.1) is 0 Å². The Morgan fingerprint density at radius 3 is 2.42 bits per heavy atom. The first-order valence-corrected chi connectivity index (χ1v) is 7.36. The van der Waals surface area contributed by atoms with Crippen molar-refractivity contribution in [3.05, 3.63) is 28.8 Å². The molecule has 1 rings (SSSR count). The van der Waals surface area contributed by atoms with Gasteiger partial charge in [0.05, 0.1) is 10.7 Å². The minimum Gasteiger partial charge on any atom is -0.373 e. The Morgan fingerprint density at radius 2 is 1.95 bits per heavy atom. The van der Waals surface area contributed by atoms with Gasteiger partial charge >= 0.3 is 0 Å². The third-order valence-corrected chi connectivity index (χ3v) is 3.46. The smallest absolute Gasteiger partial charge is 0.0642 e. The molecule has 2 nitrogen and oxygen atoms in total. The molecule has 0 aliphatic carbocycles. The van der Waals surface area contributed by atoms with Crippen LogP contribution in [0.1, 0.15) is 39.7 Å². The summed E-state index contributed by atoms with van der Waals surface area (Å²) >= 11 is 6.40. The highest BCUT2D eigenvalue weighted by molar-refractivity contribution is 6.33. The molecule has 0 spiro atoms. The van der Waals surface area contributed by atoms with Crippen LogP contribution in [0.25, 0.3) is 0 Å². The van der Waals surface area contributed by atoms with Crippen molar-refractivity contribution in [3.63, 3.8) is 0 Å². The lowest BCUT2D eigenvalue weighted by atomic mass is 9.96. The molecule has 3 heteroatoms. The largest absolute Gasteiger partial charge is 0.373 e. The van der Waals surface area contributed by atoms with E-state index < -0.39 is 0 Å². The zero-order valence-corrected chi connectivity index (χ0v) is 13.6. The van der Waals surface area contributed by atoms with E-state index in [1.165, 1.54) is 5.56 Å². The molecule has 0 amide bonds. The number of benzene rings is 1. The van der Waals surface area contributed by atoms with Crippen molar-refractivity contribution in [2.45, 2.75) is 46.6 Å². The molecular weight excluding hydrogens is 256 g/mol. The maximum Gasteiger partial charge on any atom is 0.0642 e. The monoisotopic (exact) mass is 282 g/mol. The van der Waals surface area contributed by atoms with Gasteiger partial charge in [-0.3, -0.25) is 0 Å². The average Bonchev–Trinajstić information content (AvgIpc) is 2.26.